The Kier molecular flexibility index (Phi) is 2.50. The molecule has 0 atom stereocenters. The summed E-state index contributed by atoms with van der Waals surface area (Å²) in [4.78, 5) is 2.88. The average molecular weight is 194 g/mol. The van der Waals surface area contributed by atoms with Crippen LogP contribution in [0.5, 0.6) is 0 Å². The molecule has 3 rings (SSSR count). The van der Waals surface area contributed by atoms with Crippen molar-refractivity contribution in [2.75, 3.05) is 13.1 Å². The van der Waals surface area contributed by atoms with E-state index in [-0.39, 0.29) is 0 Å². The first-order chi connectivity index (χ1) is 6.95. The Morgan fingerprint density at radius 3 is 1.86 bits per heavy atom. The van der Waals surface area contributed by atoms with Crippen molar-refractivity contribution in [2.24, 2.45) is 0 Å². The molecular formula is C12H22N2. The van der Waals surface area contributed by atoms with E-state index in [1.54, 1.807) is 0 Å². The Labute approximate surface area is 87.0 Å². The van der Waals surface area contributed by atoms with Crippen LogP contribution < -0.4 is 5.32 Å². The van der Waals surface area contributed by atoms with Gasteiger partial charge in [0.2, 0.25) is 0 Å². The van der Waals surface area contributed by atoms with E-state index in [9.17, 15) is 0 Å². The second-order valence-electron chi connectivity index (χ2n) is 5.28. The number of rotatable bonds is 3. The molecule has 2 nitrogen and oxygen atoms in total. The van der Waals surface area contributed by atoms with Gasteiger partial charge in [0.25, 0.3) is 0 Å². The van der Waals surface area contributed by atoms with Gasteiger partial charge in [-0.05, 0) is 25.7 Å². The van der Waals surface area contributed by atoms with Gasteiger partial charge >= 0.3 is 0 Å². The largest absolute Gasteiger partial charge is 0.314 e. The van der Waals surface area contributed by atoms with Crippen molar-refractivity contribution in [3.63, 3.8) is 0 Å². The van der Waals surface area contributed by atoms with Gasteiger partial charge in [-0.1, -0.05) is 19.3 Å². The SMILES string of the molecule is C1CCC(N(C2CC2)C2CNC2)CC1. The minimum atomic E-state index is 0.894. The normalized spacial score (nSPS) is 30.6. The lowest BCUT2D eigenvalue weighted by molar-refractivity contribution is 0.0651. The summed E-state index contributed by atoms with van der Waals surface area (Å²) in [6.45, 7) is 2.51. The summed E-state index contributed by atoms with van der Waals surface area (Å²) in [5.74, 6) is 0. The molecule has 0 spiro atoms. The molecule has 1 heterocycles. The van der Waals surface area contributed by atoms with Crippen LogP contribution in [0.2, 0.25) is 0 Å². The third kappa shape index (κ3) is 1.70. The van der Waals surface area contributed by atoms with Gasteiger partial charge in [0.1, 0.15) is 0 Å². The van der Waals surface area contributed by atoms with Crippen LogP contribution in [0.25, 0.3) is 0 Å². The molecule has 3 fully saturated rings. The van der Waals surface area contributed by atoms with Crippen LogP contribution in [0.4, 0.5) is 0 Å². The van der Waals surface area contributed by atoms with E-state index in [2.05, 4.69) is 10.2 Å². The summed E-state index contributed by atoms with van der Waals surface area (Å²) in [5, 5.41) is 3.42. The number of hydrogen-bond donors (Lipinski definition) is 1. The Morgan fingerprint density at radius 2 is 1.36 bits per heavy atom. The maximum atomic E-state index is 3.42. The Bertz CT molecular complexity index is 190. The minimum Gasteiger partial charge on any atom is -0.314 e. The van der Waals surface area contributed by atoms with Crippen LogP contribution >= 0.6 is 0 Å². The molecule has 0 unspecified atom stereocenters. The lowest BCUT2D eigenvalue weighted by Crippen LogP contribution is -2.60. The quantitative estimate of drug-likeness (QED) is 0.736. The lowest BCUT2D eigenvalue weighted by atomic mass is 9.92. The third-order valence-corrected chi connectivity index (χ3v) is 4.15. The maximum absolute atomic E-state index is 3.42. The first kappa shape index (κ1) is 9.17. The molecule has 80 valence electrons. The van der Waals surface area contributed by atoms with Gasteiger partial charge in [-0.15, -0.1) is 0 Å². The summed E-state index contributed by atoms with van der Waals surface area (Å²) in [7, 11) is 0. The standard InChI is InChI=1S/C12H22N2/c1-2-4-10(5-3-1)14(11-6-7-11)12-8-13-9-12/h10-13H,1-9H2. The number of nitrogens with zero attached hydrogens (tertiary/aromatic N) is 1. The van der Waals surface area contributed by atoms with Gasteiger partial charge in [-0.3, -0.25) is 4.90 Å². The van der Waals surface area contributed by atoms with Crippen molar-refractivity contribution < 1.29 is 0 Å². The predicted molar refractivity (Wildman–Crippen MR) is 58.4 cm³/mol. The molecule has 0 radical (unpaired) electrons. The van der Waals surface area contributed by atoms with E-state index in [1.165, 1.54) is 58.0 Å². The highest BCUT2D eigenvalue weighted by Gasteiger charge is 2.40. The van der Waals surface area contributed by atoms with E-state index in [0.29, 0.717) is 0 Å². The molecule has 2 saturated carbocycles. The molecule has 3 aliphatic rings. The van der Waals surface area contributed by atoms with E-state index in [0.717, 1.165) is 18.1 Å². The molecule has 14 heavy (non-hydrogen) atoms. The van der Waals surface area contributed by atoms with Gasteiger partial charge in [-0.2, -0.15) is 0 Å². The summed E-state index contributed by atoms with van der Waals surface area (Å²) in [6.07, 6.45) is 10.4. The molecule has 0 bridgehead atoms. The average Bonchev–Trinajstić information content (AvgIpc) is 2.96. The summed E-state index contributed by atoms with van der Waals surface area (Å²) >= 11 is 0. The van der Waals surface area contributed by atoms with Crippen LogP contribution in [0.15, 0.2) is 0 Å². The van der Waals surface area contributed by atoms with Crippen molar-refractivity contribution in [3.05, 3.63) is 0 Å². The predicted octanol–water partition coefficient (Wildman–Crippen LogP) is 1.76. The molecule has 2 aliphatic carbocycles. The van der Waals surface area contributed by atoms with Gasteiger partial charge in [0, 0.05) is 31.2 Å². The molecular weight excluding hydrogens is 172 g/mol. The lowest BCUT2D eigenvalue weighted by Gasteiger charge is -2.44. The highest BCUT2D eigenvalue weighted by molar-refractivity contribution is 4.97. The fourth-order valence-corrected chi connectivity index (χ4v) is 3.13. The second-order valence-corrected chi connectivity index (χ2v) is 5.28. The first-order valence-corrected chi connectivity index (χ1v) is 6.43. The zero-order valence-corrected chi connectivity index (χ0v) is 9.04. The maximum Gasteiger partial charge on any atom is 0.0351 e. The van der Waals surface area contributed by atoms with Crippen LogP contribution in [-0.2, 0) is 0 Å². The second kappa shape index (κ2) is 3.82. The summed E-state index contributed by atoms with van der Waals surface area (Å²) in [6, 6.07) is 2.82. The highest BCUT2D eigenvalue weighted by atomic mass is 15.3. The highest BCUT2D eigenvalue weighted by Crippen LogP contribution is 2.35. The number of nitrogens with one attached hydrogen (secondary N) is 1. The number of hydrogen-bond acceptors (Lipinski definition) is 2. The van der Waals surface area contributed by atoms with Gasteiger partial charge in [0.05, 0.1) is 0 Å². The molecule has 1 N–H and O–H groups in total. The van der Waals surface area contributed by atoms with Crippen LogP contribution in [-0.4, -0.2) is 36.1 Å². The Morgan fingerprint density at radius 1 is 0.714 bits per heavy atom. The third-order valence-electron chi connectivity index (χ3n) is 4.15. The molecule has 0 aromatic heterocycles. The fraction of sp³-hybridized carbons (Fsp3) is 1.00. The smallest absolute Gasteiger partial charge is 0.0351 e. The molecule has 0 amide bonds. The van der Waals surface area contributed by atoms with Crippen LogP contribution in [0, 0.1) is 0 Å². The van der Waals surface area contributed by atoms with E-state index < -0.39 is 0 Å². The molecule has 1 saturated heterocycles. The summed E-state index contributed by atoms with van der Waals surface area (Å²) in [5.41, 5.74) is 0. The zero-order valence-electron chi connectivity index (χ0n) is 9.04. The van der Waals surface area contributed by atoms with Crippen molar-refractivity contribution in [3.8, 4) is 0 Å². The molecule has 0 aromatic carbocycles. The van der Waals surface area contributed by atoms with Crippen LogP contribution in [0.1, 0.15) is 44.9 Å². The van der Waals surface area contributed by atoms with Crippen LogP contribution in [0.3, 0.4) is 0 Å². The molecule has 0 aromatic rings. The van der Waals surface area contributed by atoms with Gasteiger partial charge < -0.3 is 5.32 Å². The van der Waals surface area contributed by atoms with Crippen molar-refractivity contribution in [1.29, 1.82) is 0 Å². The monoisotopic (exact) mass is 194 g/mol. The topological polar surface area (TPSA) is 15.3 Å². The Hall–Kier alpha value is -0.0800. The zero-order chi connectivity index (χ0) is 9.38. The fourth-order valence-electron chi connectivity index (χ4n) is 3.13. The van der Waals surface area contributed by atoms with E-state index in [4.69, 9.17) is 0 Å². The summed E-state index contributed by atoms with van der Waals surface area (Å²) < 4.78 is 0. The van der Waals surface area contributed by atoms with Gasteiger partial charge in [0.15, 0.2) is 0 Å². The van der Waals surface area contributed by atoms with Gasteiger partial charge in [-0.25, -0.2) is 0 Å². The van der Waals surface area contributed by atoms with Crippen molar-refractivity contribution in [2.45, 2.75) is 63.1 Å². The van der Waals surface area contributed by atoms with Crippen molar-refractivity contribution >= 4 is 0 Å². The van der Waals surface area contributed by atoms with E-state index in [1.807, 2.05) is 0 Å². The van der Waals surface area contributed by atoms with E-state index >= 15 is 0 Å². The Balaban J connectivity index is 1.63. The first-order valence-electron chi connectivity index (χ1n) is 6.43. The molecule has 2 heteroatoms. The minimum absolute atomic E-state index is 0.894. The van der Waals surface area contributed by atoms with Crippen molar-refractivity contribution in [1.82, 2.24) is 10.2 Å². The molecule has 1 aliphatic heterocycles.